The maximum atomic E-state index is 12.6. The number of hydrogen-bond acceptors (Lipinski definition) is 4. The molecule has 5 nitrogen and oxygen atoms in total. The summed E-state index contributed by atoms with van der Waals surface area (Å²) in [6.45, 7) is -6.13. The molecule has 27 heavy (non-hydrogen) atoms. The van der Waals surface area contributed by atoms with Gasteiger partial charge >= 0.3 is 13.2 Å². The zero-order valence-corrected chi connectivity index (χ0v) is 14.0. The number of ether oxygens (including phenoxy) is 3. The van der Waals surface area contributed by atoms with Crippen molar-refractivity contribution in [3.63, 3.8) is 0 Å². The monoisotopic (exact) mass is 385 g/mol. The summed E-state index contributed by atoms with van der Waals surface area (Å²) >= 11 is 0. The van der Waals surface area contributed by atoms with Crippen LogP contribution < -0.4 is 19.5 Å². The van der Waals surface area contributed by atoms with E-state index in [1.807, 2.05) is 0 Å². The van der Waals surface area contributed by atoms with E-state index in [0.717, 1.165) is 6.08 Å². The zero-order chi connectivity index (χ0) is 19.8. The van der Waals surface area contributed by atoms with E-state index in [1.165, 1.54) is 55.7 Å². The maximum Gasteiger partial charge on any atom is 0.387 e. The van der Waals surface area contributed by atoms with E-state index >= 15 is 0 Å². The van der Waals surface area contributed by atoms with E-state index in [1.54, 1.807) is 0 Å². The van der Waals surface area contributed by atoms with Gasteiger partial charge in [0.15, 0.2) is 11.5 Å². The lowest BCUT2D eigenvalue weighted by atomic mass is 10.1. The van der Waals surface area contributed by atoms with E-state index in [-0.39, 0.29) is 28.5 Å². The van der Waals surface area contributed by atoms with E-state index in [2.05, 4.69) is 14.8 Å². The molecule has 144 valence electrons. The quantitative estimate of drug-likeness (QED) is 0.535. The first-order valence-corrected chi connectivity index (χ1v) is 7.55. The second kappa shape index (κ2) is 9.46. The van der Waals surface area contributed by atoms with Gasteiger partial charge < -0.3 is 19.5 Å². The second-order valence-electron chi connectivity index (χ2n) is 4.95. The van der Waals surface area contributed by atoms with Gasteiger partial charge in [0.05, 0.1) is 12.8 Å². The third-order valence-electron chi connectivity index (χ3n) is 3.21. The van der Waals surface area contributed by atoms with Gasteiger partial charge in [-0.3, -0.25) is 4.79 Å². The summed E-state index contributed by atoms with van der Waals surface area (Å²) in [7, 11) is 1.29. The smallest absolute Gasteiger partial charge is 0.387 e. The Morgan fingerprint density at radius 1 is 0.963 bits per heavy atom. The number of anilines is 1. The van der Waals surface area contributed by atoms with Crippen molar-refractivity contribution < 1.29 is 36.6 Å². The van der Waals surface area contributed by atoms with Crippen LogP contribution in [0, 0.1) is 0 Å². The molecule has 0 aliphatic rings. The fourth-order valence-electron chi connectivity index (χ4n) is 2.15. The van der Waals surface area contributed by atoms with Gasteiger partial charge in [0.25, 0.3) is 0 Å². The molecule has 9 heteroatoms. The number of hydrogen-bond donors (Lipinski definition) is 1. The molecule has 0 aromatic heterocycles. The Hall–Kier alpha value is -3.23. The van der Waals surface area contributed by atoms with E-state index in [0.29, 0.717) is 0 Å². The van der Waals surface area contributed by atoms with Crippen molar-refractivity contribution in [3.8, 4) is 17.2 Å². The highest BCUT2D eigenvalue weighted by Crippen LogP contribution is 2.33. The SMILES string of the molecule is COc1cccc(/C=C/C(=O)Nc2ccccc2OC(F)F)c1OC(F)F. The minimum Gasteiger partial charge on any atom is -0.493 e. The lowest BCUT2D eigenvalue weighted by molar-refractivity contribution is -0.111. The molecule has 0 saturated carbocycles. The Bertz CT molecular complexity index is 812. The van der Waals surface area contributed by atoms with Gasteiger partial charge in [-0.1, -0.05) is 24.3 Å². The lowest BCUT2D eigenvalue weighted by Crippen LogP contribution is -2.11. The van der Waals surface area contributed by atoms with Crippen molar-refractivity contribution in [2.75, 3.05) is 12.4 Å². The number of benzene rings is 2. The van der Waals surface area contributed by atoms with Crippen LogP contribution in [-0.4, -0.2) is 26.2 Å². The van der Waals surface area contributed by atoms with Gasteiger partial charge in [-0.05, 0) is 24.3 Å². The van der Waals surface area contributed by atoms with E-state index in [9.17, 15) is 22.4 Å². The van der Waals surface area contributed by atoms with Gasteiger partial charge in [0.2, 0.25) is 5.91 Å². The lowest BCUT2D eigenvalue weighted by Gasteiger charge is -2.12. The topological polar surface area (TPSA) is 56.8 Å². The number of halogens is 4. The average Bonchev–Trinajstić information content (AvgIpc) is 2.61. The minimum atomic E-state index is -3.08. The van der Waals surface area contributed by atoms with Gasteiger partial charge in [-0.2, -0.15) is 17.6 Å². The Kier molecular flexibility index (Phi) is 7.04. The molecule has 0 aliphatic carbocycles. The minimum absolute atomic E-state index is 0.0298. The van der Waals surface area contributed by atoms with Gasteiger partial charge in [-0.25, -0.2) is 0 Å². The van der Waals surface area contributed by atoms with Gasteiger partial charge in [-0.15, -0.1) is 0 Å². The Labute approximate surface area is 152 Å². The van der Waals surface area contributed by atoms with Crippen LogP contribution in [0.15, 0.2) is 48.5 Å². The normalized spacial score (nSPS) is 11.1. The summed E-state index contributed by atoms with van der Waals surface area (Å²) in [5.74, 6) is -1.07. The predicted octanol–water partition coefficient (Wildman–Crippen LogP) is 4.55. The number of para-hydroxylation sites is 3. The molecule has 0 spiro atoms. The highest BCUT2D eigenvalue weighted by Gasteiger charge is 2.14. The largest absolute Gasteiger partial charge is 0.493 e. The maximum absolute atomic E-state index is 12.6. The summed E-state index contributed by atoms with van der Waals surface area (Å²) in [6, 6.07) is 10.0. The molecular weight excluding hydrogens is 370 g/mol. The fraction of sp³-hybridized carbons (Fsp3) is 0.167. The van der Waals surface area contributed by atoms with Crippen molar-refractivity contribution >= 4 is 17.7 Å². The molecule has 1 amide bonds. The van der Waals surface area contributed by atoms with Crippen LogP contribution in [0.4, 0.5) is 23.2 Å². The van der Waals surface area contributed by atoms with E-state index in [4.69, 9.17) is 4.74 Å². The zero-order valence-electron chi connectivity index (χ0n) is 14.0. The first kappa shape index (κ1) is 20.1. The summed E-state index contributed by atoms with van der Waals surface area (Å²) in [6.07, 6.45) is 2.26. The first-order chi connectivity index (χ1) is 12.9. The molecule has 0 heterocycles. The molecule has 2 rings (SSSR count). The molecule has 2 aromatic carbocycles. The molecule has 2 aromatic rings. The van der Waals surface area contributed by atoms with Crippen LogP contribution in [0.5, 0.6) is 17.2 Å². The number of carbonyl (C=O) groups excluding carboxylic acids is 1. The summed E-state index contributed by atoms with van der Waals surface area (Å²) in [5, 5.41) is 2.37. The molecule has 0 aliphatic heterocycles. The van der Waals surface area contributed by atoms with Crippen molar-refractivity contribution in [2.45, 2.75) is 13.2 Å². The Morgan fingerprint density at radius 3 is 2.30 bits per heavy atom. The fourth-order valence-corrected chi connectivity index (χ4v) is 2.15. The van der Waals surface area contributed by atoms with Crippen LogP contribution in [0.1, 0.15) is 5.56 Å². The molecule has 0 fully saturated rings. The van der Waals surface area contributed by atoms with Crippen molar-refractivity contribution in [3.05, 3.63) is 54.1 Å². The summed E-state index contributed by atoms with van der Waals surface area (Å²) in [4.78, 5) is 12.1. The molecule has 1 N–H and O–H groups in total. The molecule has 0 bridgehead atoms. The third-order valence-corrected chi connectivity index (χ3v) is 3.21. The highest BCUT2D eigenvalue weighted by molar-refractivity contribution is 6.03. The highest BCUT2D eigenvalue weighted by atomic mass is 19.3. The molecule has 0 saturated heterocycles. The number of carbonyl (C=O) groups is 1. The Balaban J connectivity index is 2.18. The number of amides is 1. The molecular formula is C18H15F4NO4. The molecule has 0 radical (unpaired) electrons. The standard InChI is InChI=1S/C18H15F4NO4/c1-25-14-8-4-5-11(16(14)27-18(21)22)9-10-15(24)23-12-6-2-3-7-13(12)26-17(19)20/h2-10,17-18H,1H3,(H,23,24)/b10-9+. The van der Waals surface area contributed by atoms with E-state index < -0.39 is 19.1 Å². The van der Waals surface area contributed by atoms with Crippen molar-refractivity contribution in [2.24, 2.45) is 0 Å². The molecule has 0 atom stereocenters. The van der Waals surface area contributed by atoms with Crippen LogP contribution in [0.3, 0.4) is 0 Å². The molecule has 0 unspecified atom stereocenters. The summed E-state index contributed by atoms with van der Waals surface area (Å²) in [5.41, 5.74) is 0.198. The summed E-state index contributed by atoms with van der Waals surface area (Å²) < 4.78 is 63.7. The van der Waals surface area contributed by atoms with Crippen molar-refractivity contribution in [1.82, 2.24) is 0 Å². The van der Waals surface area contributed by atoms with Crippen molar-refractivity contribution in [1.29, 1.82) is 0 Å². The predicted molar refractivity (Wildman–Crippen MR) is 90.4 cm³/mol. The number of nitrogens with one attached hydrogen (secondary N) is 1. The second-order valence-corrected chi connectivity index (χ2v) is 4.95. The van der Waals surface area contributed by atoms with Crippen LogP contribution in [-0.2, 0) is 4.79 Å². The van der Waals surface area contributed by atoms with Crippen LogP contribution in [0.2, 0.25) is 0 Å². The van der Waals surface area contributed by atoms with Gasteiger partial charge in [0, 0.05) is 11.6 Å². The Morgan fingerprint density at radius 2 is 1.63 bits per heavy atom. The van der Waals surface area contributed by atoms with Crippen LogP contribution >= 0.6 is 0 Å². The number of rotatable bonds is 8. The number of alkyl halides is 4. The third kappa shape index (κ3) is 5.91. The number of methoxy groups -OCH3 is 1. The average molecular weight is 385 g/mol. The first-order valence-electron chi connectivity index (χ1n) is 7.55. The van der Waals surface area contributed by atoms with Gasteiger partial charge in [0.1, 0.15) is 5.75 Å². The van der Waals surface area contributed by atoms with Crippen LogP contribution in [0.25, 0.3) is 6.08 Å².